The number of rotatable bonds is 10. The fourth-order valence-corrected chi connectivity index (χ4v) is 6.80. The molecule has 50 heavy (non-hydrogen) atoms. The average Bonchev–Trinajstić information content (AvgIpc) is 3.49. The molecule has 1 heterocycles. The van der Waals surface area contributed by atoms with Crippen LogP contribution in [0.15, 0.2) is 112 Å². The van der Waals surface area contributed by atoms with Crippen LogP contribution in [0.25, 0.3) is 11.1 Å². The number of nitrogens with one attached hydrogen (secondary N) is 2. The van der Waals surface area contributed by atoms with E-state index in [-0.39, 0.29) is 24.3 Å². The smallest absolute Gasteiger partial charge is 0.411 e. The molecule has 1 fully saturated rings. The minimum atomic E-state index is -4.25. The summed E-state index contributed by atoms with van der Waals surface area (Å²) in [5.74, 6) is -1.00. The Labute approximate surface area is 301 Å². The van der Waals surface area contributed by atoms with E-state index in [1.54, 1.807) is 57.2 Å². The summed E-state index contributed by atoms with van der Waals surface area (Å²) in [6, 6.07) is 28.2. The Kier molecular flexibility index (Phi) is 11.3. The molecule has 0 aliphatic carbocycles. The maximum Gasteiger partial charge on any atom is 0.411 e. The van der Waals surface area contributed by atoms with E-state index in [4.69, 9.17) is 9.47 Å². The van der Waals surface area contributed by atoms with E-state index in [1.165, 1.54) is 17.0 Å². The lowest BCUT2D eigenvalue weighted by Crippen LogP contribution is -2.54. The second kappa shape index (κ2) is 15.5. The summed E-state index contributed by atoms with van der Waals surface area (Å²) < 4.78 is 41.1. The predicted molar refractivity (Wildman–Crippen MR) is 194 cm³/mol. The number of ether oxygens (including phenoxy) is 2. The molecule has 10 nitrogen and oxygen atoms in total. The number of carbonyl (C=O) groups is 3. The summed E-state index contributed by atoms with van der Waals surface area (Å²) in [6.45, 7) is 7.06. The Balaban J connectivity index is 1.36. The van der Waals surface area contributed by atoms with Crippen molar-refractivity contribution in [3.63, 3.8) is 0 Å². The van der Waals surface area contributed by atoms with Gasteiger partial charge in [-0.3, -0.25) is 14.5 Å². The van der Waals surface area contributed by atoms with E-state index >= 15 is 0 Å². The normalized spacial score (nSPS) is 16.7. The number of aryl methyl sites for hydroxylation is 1. The molecule has 2 N–H and O–H groups in total. The van der Waals surface area contributed by atoms with Crippen molar-refractivity contribution in [2.75, 3.05) is 6.54 Å². The third kappa shape index (κ3) is 9.72. The van der Waals surface area contributed by atoms with Gasteiger partial charge in [-0.05, 0) is 80.8 Å². The van der Waals surface area contributed by atoms with Crippen LogP contribution in [0.1, 0.15) is 38.3 Å². The first-order chi connectivity index (χ1) is 23.7. The number of sulfonamides is 1. The Morgan fingerprint density at radius 3 is 2.12 bits per heavy atom. The van der Waals surface area contributed by atoms with Gasteiger partial charge < -0.3 is 14.8 Å². The molecule has 12 heteroatoms. The molecule has 0 unspecified atom stereocenters. The fraction of sp³-hybridized carbons (Fsp3) is 0.289. The third-order valence-electron chi connectivity index (χ3n) is 8.01. The molecular formula is C38H40BrN3O7S. The molecule has 0 saturated carbocycles. The van der Waals surface area contributed by atoms with Crippen molar-refractivity contribution in [2.24, 2.45) is 0 Å². The first-order valence-electron chi connectivity index (χ1n) is 16.2. The molecule has 5 rings (SSSR count). The van der Waals surface area contributed by atoms with Gasteiger partial charge in [0.25, 0.3) is 15.9 Å². The number of benzene rings is 4. The molecule has 0 radical (unpaired) electrons. The fourth-order valence-electron chi connectivity index (χ4n) is 5.52. The first-order valence-corrected chi connectivity index (χ1v) is 18.4. The molecule has 0 spiro atoms. The summed E-state index contributed by atoms with van der Waals surface area (Å²) in [6.07, 6.45) is -1.18. The molecule has 1 aliphatic rings. The van der Waals surface area contributed by atoms with Crippen molar-refractivity contribution in [1.29, 1.82) is 0 Å². The Morgan fingerprint density at radius 2 is 1.50 bits per heavy atom. The lowest BCUT2D eigenvalue weighted by atomic mass is 10.0. The van der Waals surface area contributed by atoms with Crippen LogP contribution in [0.5, 0.6) is 5.75 Å². The standard InChI is InChI=1S/C38H40BrN3O7S/c1-25-10-20-32(21-11-25)50(46,47)41-35(43)33(22-26-12-16-29(39)17-13-26)40-36(44)34-23-31(24-42(34)37(45)49-38(2,3)4)48-30-18-14-28(15-19-30)27-8-6-5-7-9-27/h5-21,31,33-34H,22-24H2,1-4H3,(H,40,44)(H,41,43)/t31-,33-,34-/m0/s1. The van der Waals surface area contributed by atoms with Crippen molar-refractivity contribution < 1.29 is 32.3 Å². The lowest BCUT2D eigenvalue weighted by molar-refractivity contribution is -0.130. The van der Waals surface area contributed by atoms with E-state index in [2.05, 4.69) is 26.0 Å². The van der Waals surface area contributed by atoms with Crippen molar-refractivity contribution in [3.8, 4) is 16.9 Å². The van der Waals surface area contributed by atoms with Crippen molar-refractivity contribution >= 4 is 43.9 Å². The van der Waals surface area contributed by atoms with Crippen LogP contribution in [0.3, 0.4) is 0 Å². The van der Waals surface area contributed by atoms with Crippen molar-refractivity contribution in [2.45, 2.75) is 69.2 Å². The zero-order valence-electron chi connectivity index (χ0n) is 28.3. The highest BCUT2D eigenvalue weighted by Gasteiger charge is 2.43. The highest BCUT2D eigenvalue weighted by molar-refractivity contribution is 9.10. The summed E-state index contributed by atoms with van der Waals surface area (Å²) >= 11 is 3.39. The Bertz CT molecular complexity index is 1910. The third-order valence-corrected chi connectivity index (χ3v) is 9.90. The number of carbonyl (C=O) groups excluding carboxylic acids is 3. The maximum atomic E-state index is 14.0. The lowest BCUT2D eigenvalue weighted by Gasteiger charge is -2.28. The highest BCUT2D eigenvalue weighted by atomic mass is 79.9. The van der Waals surface area contributed by atoms with E-state index in [0.29, 0.717) is 11.3 Å². The molecular weight excluding hydrogens is 722 g/mol. The topological polar surface area (TPSA) is 131 Å². The van der Waals surface area contributed by atoms with Gasteiger partial charge in [0.15, 0.2) is 0 Å². The van der Waals surface area contributed by atoms with Gasteiger partial charge in [-0.15, -0.1) is 0 Å². The highest BCUT2D eigenvalue weighted by Crippen LogP contribution is 2.28. The second-order valence-corrected chi connectivity index (χ2v) is 15.8. The van der Waals surface area contributed by atoms with E-state index in [0.717, 1.165) is 21.2 Å². The van der Waals surface area contributed by atoms with E-state index in [1.807, 2.05) is 61.5 Å². The zero-order chi connectivity index (χ0) is 36.1. The van der Waals surface area contributed by atoms with E-state index < -0.39 is 51.7 Å². The SMILES string of the molecule is Cc1ccc(S(=O)(=O)NC(=O)[C@H](Cc2ccc(Br)cc2)NC(=O)[C@@H]2C[C@H](Oc3ccc(-c4ccccc4)cc3)CN2C(=O)OC(C)(C)C)cc1. The molecule has 1 saturated heterocycles. The minimum absolute atomic E-state index is 0.0128. The summed E-state index contributed by atoms with van der Waals surface area (Å²) in [7, 11) is -4.25. The molecule has 0 aromatic heterocycles. The van der Waals surface area contributed by atoms with E-state index in [9.17, 15) is 22.8 Å². The number of halogens is 1. The van der Waals surface area contributed by atoms with Gasteiger partial charge in [0, 0.05) is 17.3 Å². The zero-order valence-corrected chi connectivity index (χ0v) is 30.7. The van der Waals surface area contributed by atoms with Gasteiger partial charge in [0.2, 0.25) is 5.91 Å². The van der Waals surface area contributed by atoms with Gasteiger partial charge in [-0.2, -0.15) is 0 Å². The number of amides is 3. The van der Waals surface area contributed by atoms with Gasteiger partial charge in [-0.25, -0.2) is 17.9 Å². The second-order valence-electron chi connectivity index (χ2n) is 13.2. The monoisotopic (exact) mass is 761 g/mol. The predicted octanol–water partition coefficient (Wildman–Crippen LogP) is 6.41. The summed E-state index contributed by atoms with van der Waals surface area (Å²) in [5.41, 5.74) is 2.77. The molecule has 1 aliphatic heterocycles. The van der Waals surface area contributed by atoms with Gasteiger partial charge in [0.05, 0.1) is 11.4 Å². The molecule has 3 atom stereocenters. The molecule has 3 amide bonds. The molecule has 0 bridgehead atoms. The van der Waals surface area contributed by atoms with Crippen LogP contribution in [0.2, 0.25) is 0 Å². The quantitative estimate of drug-likeness (QED) is 0.191. The number of hydrogen-bond acceptors (Lipinski definition) is 7. The Morgan fingerprint density at radius 1 is 0.880 bits per heavy atom. The Hall–Kier alpha value is -4.68. The average molecular weight is 763 g/mol. The molecule has 4 aromatic rings. The van der Waals surface area contributed by atoms with Crippen LogP contribution in [-0.4, -0.2) is 61.6 Å². The van der Waals surface area contributed by atoms with Crippen LogP contribution in [-0.2, 0) is 30.8 Å². The maximum absolute atomic E-state index is 14.0. The van der Waals surface area contributed by atoms with Crippen molar-refractivity contribution in [1.82, 2.24) is 14.9 Å². The van der Waals surface area contributed by atoms with Crippen LogP contribution in [0, 0.1) is 6.92 Å². The van der Waals surface area contributed by atoms with Crippen molar-refractivity contribution in [3.05, 3.63) is 119 Å². The molecule has 262 valence electrons. The number of hydrogen-bond donors (Lipinski definition) is 2. The summed E-state index contributed by atoms with van der Waals surface area (Å²) in [5, 5.41) is 2.73. The number of likely N-dealkylation sites (tertiary alicyclic amines) is 1. The minimum Gasteiger partial charge on any atom is -0.488 e. The first kappa shape index (κ1) is 36.6. The van der Waals surface area contributed by atoms with Crippen LogP contribution < -0.4 is 14.8 Å². The molecule has 4 aromatic carbocycles. The summed E-state index contributed by atoms with van der Waals surface area (Å²) in [4.78, 5) is 42.2. The van der Waals surface area contributed by atoms with Gasteiger partial charge in [-0.1, -0.05) is 88.2 Å². The van der Waals surface area contributed by atoms with Crippen LogP contribution in [0.4, 0.5) is 4.79 Å². The van der Waals surface area contributed by atoms with Gasteiger partial charge >= 0.3 is 6.09 Å². The van der Waals surface area contributed by atoms with Crippen LogP contribution >= 0.6 is 15.9 Å². The van der Waals surface area contributed by atoms with Gasteiger partial charge in [0.1, 0.15) is 29.5 Å². The largest absolute Gasteiger partial charge is 0.488 e. The number of nitrogens with zero attached hydrogens (tertiary/aromatic N) is 1.